The van der Waals surface area contributed by atoms with Crippen molar-refractivity contribution in [3.8, 4) is 0 Å². The van der Waals surface area contributed by atoms with E-state index in [2.05, 4.69) is 18.3 Å². The third kappa shape index (κ3) is 1.82. The number of halogens is 1. The third-order valence-corrected chi connectivity index (χ3v) is 4.50. The van der Waals surface area contributed by atoms with Crippen molar-refractivity contribution in [2.45, 2.75) is 38.6 Å². The molecule has 0 saturated heterocycles. The topological polar surface area (TPSA) is 12.0 Å². The van der Waals surface area contributed by atoms with E-state index in [1.165, 1.54) is 36.9 Å². The number of benzene rings is 1. The first kappa shape index (κ1) is 10.5. The summed E-state index contributed by atoms with van der Waals surface area (Å²) >= 11 is 5.97. The smallest absolute Gasteiger partial charge is 0.0410 e. The lowest BCUT2D eigenvalue weighted by molar-refractivity contribution is 0.439. The molecule has 0 aliphatic heterocycles. The van der Waals surface area contributed by atoms with Gasteiger partial charge in [-0.15, -0.1) is 0 Å². The Morgan fingerprint density at radius 3 is 2.75 bits per heavy atom. The minimum Gasteiger partial charge on any atom is -0.382 e. The molecule has 2 heteroatoms. The standard InChI is InChI=1S/C14H18ClN/c1-9-6-12(15)4-5-13(9)16-14-8-10-2-3-11(14)7-10/h4-6,10-11,14,16H,2-3,7-8H2,1H3. The van der Waals surface area contributed by atoms with Gasteiger partial charge in [-0.25, -0.2) is 0 Å². The Kier molecular flexibility index (Phi) is 2.59. The Hall–Kier alpha value is -0.690. The van der Waals surface area contributed by atoms with Crippen LogP contribution in [0.1, 0.15) is 31.2 Å². The van der Waals surface area contributed by atoms with Crippen LogP contribution in [0, 0.1) is 18.8 Å². The highest BCUT2D eigenvalue weighted by atomic mass is 35.5. The van der Waals surface area contributed by atoms with E-state index < -0.39 is 0 Å². The highest BCUT2D eigenvalue weighted by Crippen LogP contribution is 2.45. The van der Waals surface area contributed by atoms with Gasteiger partial charge in [0.15, 0.2) is 0 Å². The van der Waals surface area contributed by atoms with Gasteiger partial charge in [0.25, 0.3) is 0 Å². The summed E-state index contributed by atoms with van der Waals surface area (Å²) in [5, 5.41) is 4.54. The molecule has 1 aromatic carbocycles. The summed E-state index contributed by atoms with van der Waals surface area (Å²) in [6.07, 6.45) is 5.70. The van der Waals surface area contributed by atoms with E-state index in [0.29, 0.717) is 6.04 Å². The first-order valence-corrected chi connectivity index (χ1v) is 6.63. The van der Waals surface area contributed by atoms with E-state index in [9.17, 15) is 0 Å². The molecular formula is C14H18ClN. The second-order valence-electron chi connectivity index (χ2n) is 5.38. The van der Waals surface area contributed by atoms with E-state index in [1.54, 1.807) is 0 Å². The molecule has 0 radical (unpaired) electrons. The molecule has 0 aromatic heterocycles. The van der Waals surface area contributed by atoms with Crippen LogP contribution in [0.4, 0.5) is 5.69 Å². The highest BCUT2D eigenvalue weighted by molar-refractivity contribution is 6.30. The van der Waals surface area contributed by atoms with Crippen LogP contribution >= 0.6 is 11.6 Å². The average molecular weight is 236 g/mol. The molecule has 86 valence electrons. The van der Waals surface area contributed by atoms with Crippen molar-refractivity contribution in [1.29, 1.82) is 0 Å². The molecule has 0 spiro atoms. The number of fused-ring (bicyclic) bond motifs is 2. The van der Waals surface area contributed by atoms with Crippen LogP contribution in [0.25, 0.3) is 0 Å². The van der Waals surface area contributed by atoms with E-state index in [0.717, 1.165) is 16.9 Å². The number of nitrogens with one attached hydrogen (secondary N) is 1. The number of hydrogen-bond acceptors (Lipinski definition) is 1. The largest absolute Gasteiger partial charge is 0.382 e. The predicted octanol–water partition coefficient (Wildman–Crippen LogP) is 4.25. The summed E-state index contributed by atoms with van der Waals surface area (Å²) in [7, 11) is 0. The molecule has 3 unspecified atom stereocenters. The van der Waals surface area contributed by atoms with Crippen LogP contribution < -0.4 is 5.32 Å². The summed E-state index contributed by atoms with van der Waals surface area (Å²) in [5.41, 5.74) is 2.53. The first-order valence-electron chi connectivity index (χ1n) is 6.25. The minimum atomic E-state index is 0.707. The van der Waals surface area contributed by atoms with Gasteiger partial charge in [-0.2, -0.15) is 0 Å². The monoisotopic (exact) mass is 235 g/mol. The predicted molar refractivity (Wildman–Crippen MR) is 69.0 cm³/mol. The van der Waals surface area contributed by atoms with Gasteiger partial charge in [0.05, 0.1) is 0 Å². The van der Waals surface area contributed by atoms with E-state index >= 15 is 0 Å². The average Bonchev–Trinajstić information content (AvgIpc) is 2.84. The molecule has 2 aliphatic rings. The van der Waals surface area contributed by atoms with Crippen LogP contribution in [0.2, 0.25) is 5.02 Å². The molecule has 0 heterocycles. The zero-order chi connectivity index (χ0) is 11.1. The Morgan fingerprint density at radius 1 is 1.25 bits per heavy atom. The molecule has 3 rings (SSSR count). The molecule has 2 aliphatic carbocycles. The van der Waals surface area contributed by atoms with E-state index in [1.807, 2.05) is 12.1 Å². The summed E-state index contributed by atoms with van der Waals surface area (Å²) in [4.78, 5) is 0. The summed E-state index contributed by atoms with van der Waals surface area (Å²) in [6, 6.07) is 6.84. The highest BCUT2D eigenvalue weighted by Gasteiger charge is 2.39. The van der Waals surface area contributed by atoms with Crippen LogP contribution in [-0.2, 0) is 0 Å². The fourth-order valence-electron chi connectivity index (χ4n) is 3.41. The lowest BCUT2D eigenvalue weighted by Crippen LogP contribution is -2.26. The number of anilines is 1. The van der Waals surface area contributed by atoms with Gasteiger partial charge >= 0.3 is 0 Å². The number of hydrogen-bond donors (Lipinski definition) is 1. The summed E-state index contributed by atoms with van der Waals surface area (Å²) in [5.74, 6) is 1.91. The molecule has 2 bridgehead atoms. The minimum absolute atomic E-state index is 0.707. The second kappa shape index (κ2) is 3.96. The Morgan fingerprint density at radius 2 is 2.12 bits per heavy atom. The van der Waals surface area contributed by atoms with Crippen molar-refractivity contribution in [2.75, 3.05) is 5.32 Å². The summed E-state index contributed by atoms with van der Waals surface area (Å²) in [6.45, 7) is 2.13. The fourth-order valence-corrected chi connectivity index (χ4v) is 3.64. The van der Waals surface area contributed by atoms with Gasteiger partial charge in [0.2, 0.25) is 0 Å². The van der Waals surface area contributed by atoms with Crippen molar-refractivity contribution >= 4 is 17.3 Å². The number of rotatable bonds is 2. The third-order valence-electron chi connectivity index (χ3n) is 4.27. The zero-order valence-corrected chi connectivity index (χ0v) is 10.4. The maximum absolute atomic E-state index is 5.97. The zero-order valence-electron chi connectivity index (χ0n) is 9.67. The van der Waals surface area contributed by atoms with Gasteiger partial charge in [-0.05, 0) is 61.8 Å². The molecule has 0 amide bonds. The Balaban J connectivity index is 1.74. The van der Waals surface area contributed by atoms with Gasteiger partial charge in [0, 0.05) is 16.8 Å². The van der Waals surface area contributed by atoms with Crippen LogP contribution in [0.3, 0.4) is 0 Å². The summed E-state index contributed by atoms with van der Waals surface area (Å²) < 4.78 is 0. The maximum atomic E-state index is 5.97. The van der Waals surface area contributed by atoms with Crippen LogP contribution in [0.5, 0.6) is 0 Å². The molecule has 3 atom stereocenters. The Labute approximate surface area is 102 Å². The first-order chi connectivity index (χ1) is 7.72. The number of aryl methyl sites for hydroxylation is 1. The second-order valence-corrected chi connectivity index (χ2v) is 5.82. The van der Waals surface area contributed by atoms with Gasteiger partial charge in [0.1, 0.15) is 0 Å². The van der Waals surface area contributed by atoms with Crippen molar-refractivity contribution in [2.24, 2.45) is 11.8 Å². The van der Waals surface area contributed by atoms with Crippen molar-refractivity contribution in [1.82, 2.24) is 0 Å². The lowest BCUT2D eigenvalue weighted by Gasteiger charge is -2.25. The molecule has 1 N–H and O–H groups in total. The van der Waals surface area contributed by atoms with E-state index in [-0.39, 0.29) is 0 Å². The van der Waals surface area contributed by atoms with Gasteiger partial charge in [-0.3, -0.25) is 0 Å². The molecule has 16 heavy (non-hydrogen) atoms. The van der Waals surface area contributed by atoms with Gasteiger partial charge in [-0.1, -0.05) is 18.0 Å². The van der Waals surface area contributed by atoms with Gasteiger partial charge < -0.3 is 5.32 Å². The molecule has 1 aromatic rings. The van der Waals surface area contributed by atoms with Crippen molar-refractivity contribution < 1.29 is 0 Å². The quantitative estimate of drug-likeness (QED) is 0.808. The van der Waals surface area contributed by atoms with Crippen molar-refractivity contribution in [3.63, 3.8) is 0 Å². The fraction of sp³-hybridized carbons (Fsp3) is 0.571. The maximum Gasteiger partial charge on any atom is 0.0410 e. The van der Waals surface area contributed by atoms with Crippen LogP contribution in [-0.4, -0.2) is 6.04 Å². The molecule has 1 nitrogen and oxygen atoms in total. The molecule has 2 saturated carbocycles. The lowest BCUT2D eigenvalue weighted by atomic mass is 9.95. The Bertz CT molecular complexity index is 402. The SMILES string of the molecule is Cc1cc(Cl)ccc1NC1CC2CCC1C2. The van der Waals surface area contributed by atoms with Crippen molar-refractivity contribution in [3.05, 3.63) is 28.8 Å². The van der Waals surface area contributed by atoms with E-state index in [4.69, 9.17) is 11.6 Å². The molecular weight excluding hydrogens is 218 g/mol. The normalized spacial score (nSPS) is 32.0. The molecule has 2 fully saturated rings. The van der Waals surface area contributed by atoms with Crippen LogP contribution in [0.15, 0.2) is 18.2 Å².